The van der Waals surface area contributed by atoms with Crippen molar-refractivity contribution in [2.75, 3.05) is 13.2 Å². The van der Waals surface area contributed by atoms with Crippen molar-refractivity contribution >= 4 is 0 Å². The largest absolute Gasteiger partial charge is 0.311 e. The molecule has 2 heteroatoms. The molecule has 0 saturated heterocycles. The van der Waals surface area contributed by atoms with Crippen LogP contribution in [0.4, 0.5) is 4.39 Å². The average molecular weight is 131 g/mol. The summed E-state index contributed by atoms with van der Waals surface area (Å²) in [5.41, 5.74) is 0. The summed E-state index contributed by atoms with van der Waals surface area (Å²) in [6.45, 7) is 2.51. The molecule has 0 amide bonds. The number of rotatable bonds is 3. The van der Waals surface area contributed by atoms with Gasteiger partial charge >= 0.3 is 0 Å². The zero-order chi connectivity index (χ0) is 6.69. The number of nitrogens with one attached hydrogen (secondary N) is 1. The molecular weight excluding hydrogens is 117 g/mol. The second-order valence-electron chi connectivity index (χ2n) is 2.80. The Balaban J connectivity index is 1.99. The van der Waals surface area contributed by atoms with Gasteiger partial charge in [-0.2, -0.15) is 0 Å². The smallest absolute Gasteiger partial charge is 0.102 e. The second kappa shape index (κ2) is 3.16. The Morgan fingerprint density at radius 1 is 1.56 bits per heavy atom. The lowest BCUT2D eigenvalue weighted by Crippen LogP contribution is -2.43. The van der Waals surface area contributed by atoms with Gasteiger partial charge in [0.1, 0.15) is 6.67 Å². The molecule has 0 aromatic heterocycles. The Morgan fingerprint density at radius 3 is 2.67 bits per heavy atom. The Hall–Kier alpha value is -0.110. The zero-order valence-corrected chi connectivity index (χ0v) is 5.86. The number of hydrogen-bond donors (Lipinski definition) is 1. The van der Waals surface area contributed by atoms with E-state index < -0.39 is 0 Å². The lowest BCUT2D eigenvalue weighted by molar-refractivity contribution is 0.225. The molecule has 9 heavy (non-hydrogen) atoms. The first kappa shape index (κ1) is 7.00. The van der Waals surface area contributed by atoms with Crippen molar-refractivity contribution in [1.82, 2.24) is 5.32 Å². The highest BCUT2D eigenvalue weighted by Crippen LogP contribution is 2.25. The normalized spacial score (nSPS) is 34.0. The van der Waals surface area contributed by atoms with Crippen molar-refractivity contribution in [3.8, 4) is 0 Å². The highest BCUT2D eigenvalue weighted by molar-refractivity contribution is 4.83. The van der Waals surface area contributed by atoms with Crippen LogP contribution in [0, 0.1) is 5.92 Å². The quantitative estimate of drug-likeness (QED) is 0.609. The molecule has 1 fully saturated rings. The summed E-state index contributed by atoms with van der Waals surface area (Å²) >= 11 is 0. The van der Waals surface area contributed by atoms with E-state index in [4.69, 9.17) is 0 Å². The maximum absolute atomic E-state index is 11.6. The highest BCUT2D eigenvalue weighted by atomic mass is 19.1. The minimum atomic E-state index is -0.233. The van der Waals surface area contributed by atoms with Crippen LogP contribution in [0.5, 0.6) is 0 Å². The van der Waals surface area contributed by atoms with Crippen molar-refractivity contribution in [2.45, 2.75) is 25.8 Å². The Bertz CT molecular complexity index is 85.0. The monoisotopic (exact) mass is 131 g/mol. The van der Waals surface area contributed by atoms with Crippen LogP contribution in [0.3, 0.4) is 0 Å². The van der Waals surface area contributed by atoms with Crippen LogP contribution in [0.1, 0.15) is 19.8 Å². The van der Waals surface area contributed by atoms with Gasteiger partial charge in [0.25, 0.3) is 0 Å². The first-order chi connectivity index (χ1) is 4.34. The molecule has 0 aromatic rings. The van der Waals surface area contributed by atoms with Gasteiger partial charge in [-0.25, -0.2) is 4.39 Å². The third-order valence-electron chi connectivity index (χ3n) is 2.12. The molecule has 54 valence electrons. The summed E-state index contributed by atoms with van der Waals surface area (Å²) in [7, 11) is 0. The molecule has 1 rings (SSSR count). The standard InChI is InChI=1S/C7H14FN/c1-6-2-3-7(6)9-5-4-8/h6-7,9H,2-5H2,1H3. The first-order valence-electron chi connectivity index (χ1n) is 3.64. The fourth-order valence-electron chi connectivity index (χ4n) is 1.21. The summed E-state index contributed by atoms with van der Waals surface area (Å²) in [6, 6.07) is 0.612. The van der Waals surface area contributed by atoms with E-state index in [1.807, 2.05) is 0 Å². The van der Waals surface area contributed by atoms with E-state index in [9.17, 15) is 4.39 Å². The van der Waals surface area contributed by atoms with Crippen molar-refractivity contribution in [1.29, 1.82) is 0 Å². The Kier molecular flexibility index (Phi) is 2.46. The van der Waals surface area contributed by atoms with Crippen LogP contribution < -0.4 is 5.32 Å². The maximum atomic E-state index is 11.6. The van der Waals surface area contributed by atoms with Crippen LogP contribution in [0.2, 0.25) is 0 Å². The molecule has 0 spiro atoms. The molecule has 1 aliphatic carbocycles. The molecule has 2 unspecified atom stereocenters. The van der Waals surface area contributed by atoms with Crippen molar-refractivity contribution < 1.29 is 4.39 Å². The number of alkyl halides is 1. The predicted octanol–water partition coefficient (Wildman–Crippen LogP) is 1.34. The first-order valence-corrected chi connectivity index (χ1v) is 3.64. The fraction of sp³-hybridized carbons (Fsp3) is 1.00. The molecule has 0 aromatic carbocycles. The lowest BCUT2D eigenvalue weighted by atomic mass is 9.81. The molecule has 0 aliphatic heterocycles. The van der Waals surface area contributed by atoms with E-state index in [1.54, 1.807) is 0 Å². The second-order valence-corrected chi connectivity index (χ2v) is 2.80. The molecular formula is C7H14FN. The van der Waals surface area contributed by atoms with Gasteiger partial charge < -0.3 is 5.32 Å². The van der Waals surface area contributed by atoms with Crippen molar-refractivity contribution in [3.63, 3.8) is 0 Å². The summed E-state index contributed by atoms with van der Waals surface area (Å²) in [5.74, 6) is 0.775. The van der Waals surface area contributed by atoms with Crippen LogP contribution in [-0.2, 0) is 0 Å². The minimum Gasteiger partial charge on any atom is -0.311 e. The Labute approximate surface area is 55.6 Å². The Morgan fingerprint density at radius 2 is 2.33 bits per heavy atom. The molecule has 1 nitrogen and oxygen atoms in total. The summed E-state index contributed by atoms with van der Waals surface area (Å²) in [5, 5.41) is 3.14. The van der Waals surface area contributed by atoms with Crippen LogP contribution >= 0.6 is 0 Å². The van der Waals surface area contributed by atoms with Gasteiger partial charge in [-0.05, 0) is 18.8 Å². The SMILES string of the molecule is CC1CCC1NCCF. The van der Waals surface area contributed by atoms with Crippen molar-refractivity contribution in [3.05, 3.63) is 0 Å². The van der Waals surface area contributed by atoms with E-state index in [0.717, 1.165) is 5.92 Å². The van der Waals surface area contributed by atoms with Gasteiger partial charge in [-0.15, -0.1) is 0 Å². The van der Waals surface area contributed by atoms with Gasteiger partial charge in [0, 0.05) is 12.6 Å². The third kappa shape index (κ3) is 1.65. The molecule has 0 bridgehead atoms. The molecule has 0 radical (unpaired) electrons. The molecule has 1 aliphatic rings. The van der Waals surface area contributed by atoms with Crippen LogP contribution in [0.15, 0.2) is 0 Å². The van der Waals surface area contributed by atoms with E-state index in [0.29, 0.717) is 12.6 Å². The van der Waals surface area contributed by atoms with Gasteiger partial charge in [0.2, 0.25) is 0 Å². The maximum Gasteiger partial charge on any atom is 0.102 e. The van der Waals surface area contributed by atoms with Crippen molar-refractivity contribution in [2.24, 2.45) is 5.92 Å². The van der Waals surface area contributed by atoms with Gasteiger partial charge in [0.15, 0.2) is 0 Å². The molecule has 1 saturated carbocycles. The van der Waals surface area contributed by atoms with Crippen LogP contribution in [-0.4, -0.2) is 19.3 Å². The number of hydrogen-bond acceptors (Lipinski definition) is 1. The number of halogens is 1. The molecule has 2 atom stereocenters. The molecule has 0 heterocycles. The average Bonchev–Trinajstić information content (AvgIpc) is 1.86. The minimum absolute atomic E-state index is 0.233. The summed E-state index contributed by atoms with van der Waals surface area (Å²) in [4.78, 5) is 0. The van der Waals surface area contributed by atoms with E-state index in [1.165, 1.54) is 12.8 Å². The topological polar surface area (TPSA) is 12.0 Å². The van der Waals surface area contributed by atoms with E-state index in [2.05, 4.69) is 12.2 Å². The van der Waals surface area contributed by atoms with Gasteiger partial charge in [-0.1, -0.05) is 6.92 Å². The van der Waals surface area contributed by atoms with E-state index >= 15 is 0 Å². The summed E-state index contributed by atoms with van der Waals surface area (Å²) < 4.78 is 11.6. The lowest BCUT2D eigenvalue weighted by Gasteiger charge is -2.34. The van der Waals surface area contributed by atoms with Gasteiger partial charge in [0.05, 0.1) is 0 Å². The molecule has 1 N–H and O–H groups in total. The highest BCUT2D eigenvalue weighted by Gasteiger charge is 2.25. The fourth-order valence-corrected chi connectivity index (χ4v) is 1.21. The zero-order valence-electron chi connectivity index (χ0n) is 5.86. The van der Waals surface area contributed by atoms with Crippen LogP contribution in [0.25, 0.3) is 0 Å². The third-order valence-corrected chi connectivity index (χ3v) is 2.12. The predicted molar refractivity (Wildman–Crippen MR) is 36.2 cm³/mol. The summed E-state index contributed by atoms with van der Waals surface area (Å²) in [6.07, 6.45) is 2.55. The van der Waals surface area contributed by atoms with Gasteiger partial charge in [-0.3, -0.25) is 0 Å². The van der Waals surface area contributed by atoms with E-state index in [-0.39, 0.29) is 6.67 Å².